The summed E-state index contributed by atoms with van der Waals surface area (Å²) in [6.45, 7) is 2.03. The lowest BCUT2D eigenvalue weighted by atomic mass is 10.0. The van der Waals surface area contributed by atoms with Crippen LogP contribution < -0.4 is 16.4 Å². The van der Waals surface area contributed by atoms with Gasteiger partial charge in [-0.1, -0.05) is 29.8 Å². The number of halogens is 1. The molecule has 4 N–H and O–H groups in total. The van der Waals surface area contributed by atoms with Gasteiger partial charge in [-0.3, -0.25) is 4.79 Å². The molecular weight excluding hydrogens is 286 g/mol. The molecule has 0 aromatic heterocycles. The summed E-state index contributed by atoms with van der Waals surface area (Å²) in [5, 5.41) is 0.353. The molecule has 4 nitrogen and oxygen atoms in total. The fourth-order valence-electron chi connectivity index (χ4n) is 2.30. The fraction of sp³-hybridized carbons (Fsp3) is 0.188. The molecule has 0 saturated heterocycles. The third kappa shape index (κ3) is 3.11. The van der Waals surface area contributed by atoms with Crippen molar-refractivity contribution in [3.63, 3.8) is 0 Å². The minimum absolute atomic E-state index is 0.0186. The Morgan fingerprint density at radius 3 is 2.52 bits per heavy atom. The number of carbonyl (C=O) groups is 1. The van der Waals surface area contributed by atoms with E-state index in [4.69, 9.17) is 23.1 Å². The van der Waals surface area contributed by atoms with Crippen LogP contribution in [0.4, 0.5) is 11.4 Å². The molecule has 110 valence electrons. The first kappa shape index (κ1) is 15.2. The molecule has 0 aliphatic heterocycles. The lowest BCUT2D eigenvalue weighted by molar-refractivity contribution is 0.100. The zero-order chi connectivity index (χ0) is 15.6. The Hall–Kier alpha value is -2.20. The Labute approximate surface area is 129 Å². The number of nitrogens with zero attached hydrogens (tertiary/aromatic N) is 1. The van der Waals surface area contributed by atoms with E-state index in [0.29, 0.717) is 22.0 Å². The number of rotatable bonds is 4. The van der Waals surface area contributed by atoms with E-state index < -0.39 is 5.91 Å². The number of nitrogens with two attached hydrogens (primary N) is 2. The average Bonchev–Trinajstić information content (AvgIpc) is 2.45. The van der Waals surface area contributed by atoms with E-state index in [2.05, 4.69) is 0 Å². The SMILES string of the molecule is CC(c1cccc(N)c1)N(C)c1cccc(Cl)c1C(N)=O. The summed E-state index contributed by atoms with van der Waals surface area (Å²) in [6, 6.07) is 12.9. The van der Waals surface area contributed by atoms with Crippen LogP contribution in [-0.2, 0) is 0 Å². The van der Waals surface area contributed by atoms with Crippen molar-refractivity contribution in [1.29, 1.82) is 0 Å². The summed E-state index contributed by atoms with van der Waals surface area (Å²) in [6.07, 6.45) is 0. The Balaban J connectivity index is 2.43. The van der Waals surface area contributed by atoms with Crippen LogP contribution in [0.5, 0.6) is 0 Å². The van der Waals surface area contributed by atoms with E-state index >= 15 is 0 Å². The number of hydrogen-bond donors (Lipinski definition) is 2. The van der Waals surface area contributed by atoms with Crippen molar-refractivity contribution < 1.29 is 4.79 Å². The highest BCUT2D eigenvalue weighted by atomic mass is 35.5. The van der Waals surface area contributed by atoms with Gasteiger partial charge < -0.3 is 16.4 Å². The molecule has 5 heteroatoms. The molecule has 0 bridgehead atoms. The zero-order valence-electron chi connectivity index (χ0n) is 12.0. The number of hydrogen-bond acceptors (Lipinski definition) is 3. The maximum Gasteiger partial charge on any atom is 0.252 e. The van der Waals surface area contributed by atoms with Gasteiger partial charge >= 0.3 is 0 Å². The lowest BCUT2D eigenvalue weighted by Crippen LogP contribution is -2.25. The molecule has 0 saturated carbocycles. The molecule has 0 fully saturated rings. The van der Waals surface area contributed by atoms with E-state index in [1.165, 1.54) is 0 Å². The Morgan fingerprint density at radius 2 is 1.90 bits per heavy atom. The highest BCUT2D eigenvalue weighted by Gasteiger charge is 2.19. The van der Waals surface area contributed by atoms with E-state index in [-0.39, 0.29) is 6.04 Å². The topological polar surface area (TPSA) is 72.3 Å². The van der Waals surface area contributed by atoms with Crippen molar-refractivity contribution in [2.45, 2.75) is 13.0 Å². The molecule has 21 heavy (non-hydrogen) atoms. The van der Waals surface area contributed by atoms with Gasteiger partial charge in [-0.05, 0) is 36.8 Å². The normalized spacial score (nSPS) is 12.0. The molecule has 0 aliphatic carbocycles. The van der Waals surface area contributed by atoms with Crippen molar-refractivity contribution in [3.8, 4) is 0 Å². The molecular formula is C16H18ClN3O. The summed E-state index contributed by atoms with van der Waals surface area (Å²) in [4.78, 5) is 13.6. The summed E-state index contributed by atoms with van der Waals surface area (Å²) in [5.41, 5.74) is 14.1. The quantitative estimate of drug-likeness (QED) is 0.852. The van der Waals surface area contributed by atoms with Gasteiger partial charge in [0.25, 0.3) is 5.91 Å². The fourth-order valence-corrected chi connectivity index (χ4v) is 2.56. The summed E-state index contributed by atoms with van der Waals surface area (Å²) in [7, 11) is 1.89. The first-order valence-electron chi connectivity index (χ1n) is 6.58. The van der Waals surface area contributed by atoms with Gasteiger partial charge in [-0.25, -0.2) is 0 Å². The highest BCUT2D eigenvalue weighted by molar-refractivity contribution is 6.34. The molecule has 2 rings (SSSR count). The number of carbonyl (C=O) groups excluding carboxylic acids is 1. The van der Waals surface area contributed by atoms with Crippen LogP contribution in [0.2, 0.25) is 5.02 Å². The van der Waals surface area contributed by atoms with Gasteiger partial charge in [0.2, 0.25) is 0 Å². The van der Waals surface area contributed by atoms with Crippen molar-refractivity contribution in [2.24, 2.45) is 5.73 Å². The third-order valence-corrected chi connectivity index (χ3v) is 3.91. The first-order valence-corrected chi connectivity index (χ1v) is 6.96. The number of primary amides is 1. The van der Waals surface area contributed by atoms with E-state index in [1.54, 1.807) is 12.1 Å². The van der Waals surface area contributed by atoms with Gasteiger partial charge in [-0.15, -0.1) is 0 Å². The maximum atomic E-state index is 11.7. The third-order valence-electron chi connectivity index (χ3n) is 3.59. The van der Waals surface area contributed by atoms with Crippen LogP contribution in [0.1, 0.15) is 28.9 Å². The molecule has 1 atom stereocenters. The zero-order valence-corrected chi connectivity index (χ0v) is 12.8. The van der Waals surface area contributed by atoms with Crippen LogP contribution in [0, 0.1) is 0 Å². The monoisotopic (exact) mass is 303 g/mol. The standard InChI is InChI=1S/C16H18ClN3O/c1-10(11-5-3-6-12(18)9-11)20(2)14-8-4-7-13(17)15(14)16(19)21/h3-10H,18H2,1-2H3,(H2,19,21). The lowest BCUT2D eigenvalue weighted by Gasteiger charge is -2.29. The molecule has 1 unspecified atom stereocenters. The molecule has 0 spiro atoms. The Morgan fingerprint density at radius 1 is 1.24 bits per heavy atom. The van der Waals surface area contributed by atoms with Gasteiger partial charge in [0.1, 0.15) is 0 Å². The average molecular weight is 304 g/mol. The molecule has 0 aliphatic rings. The van der Waals surface area contributed by atoms with Crippen molar-refractivity contribution in [2.75, 3.05) is 17.7 Å². The first-order chi connectivity index (χ1) is 9.91. The van der Waals surface area contributed by atoms with Crippen LogP contribution in [0.15, 0.2) is 42.5 Å². The molecule has 2 aromatic rings. The van der Waals surface area contributed by atoms with E-state index in [9.17, 15) is 4.79 Å². The number of amides is 1. The summed E-state index contributed by atoms with van der Waals surface area (Å²) in [5.74, 6) is -0.540. The van der Waals surface area contributed by atoms with Crippen LogP contribution in [0.3, 0.4) is 0 Å². The van der Waals surface area contributed by atoms with Gasteiger partial charge in [0, 0.05) is 12.7 Å². The predicted octanol–water partition coefficient (Wildman–Crippen LogP) is 3.22. The van der Waals surface area contributed by atoms with Crippen molar-refractivity contribution in [1.82, 2.24) is 0 Å². The van der Waals surface area contributed by atoms with Gasteiger partial charge in [-0.2, -0.15) is 0 Å². The molecule has 0 heterocycles. The van der Waals surface area contributed by atoms with Crippen LogP contribution in [0.25, 0.3) is 0 Å². The minimum atomic E-state index is -0.540. The van der Waals surface area contributed by atoms with Gasteiger partial charge in [0.15, 0.2) is 0 Å². The second-order valence-corrected chi connectivity index (χ2v) is 5.36. The van der Waals surface area contributed by atoms with Gasteiger partial charge in [0.05, 0.1) is 22.3 Å². The summed E-state index contributed by atoms with van der Waals surface area (Å²) < 4.78 is 0. The van der Waals surface area contributed by atoms with Crippen LogP contribution in [-0.4, -0.2) is 13.0 Å². The second kappa shape index (κ2) is 6.06. The van der Waals surface area contributed by atoms with Crippen molar-refractivity contribution >= 4 is 28.9 Å². The Bertz CT molecular complexity index is 672. The summed E-state index contributed by atoms with van der Waals surface area (Å²) >= 11 is 6.10. The Kier molecular flexibility index (Phi) is 4.38. The van der Waals surface area contributed by atoms with Crippen LogP contribution >= 0.6 is 11.6 Å². The molecule has 0 radical (unpaired) electrons. The smallest absolute Gasteiger partial charge is 0.252 e. The predicted molar refractivity (Wildman–Crippen MR) is 87.6 cm³/mol. The van der Waals surface area contributed by atoms with E-state index in [1.807, 2.05) is 49.2 Å². The van der Waals surface area contributed by atoms with E-state index in [0.717, 1.165) is 5.56 Å². The minimum Gasteiger partial charge on any atom is -0.399 e. The largest absolute Gasteiger partial charge is 0.399 e. The number of nitrogen functional groups attached to an aromatic ring is 1. The maximum absolute atomic E-state index is 11.7. The number of benzene rings is 2. The molecule has 2 aromatic carbocycles. The number of anilines is 2. The highest BCUT2D eigenvalue weighted by Crippen LogP contribution is 2.32. The molecule has 1 amide bonds. The van der Waals surface area contributed by atoms with Crippen molar-refractivity contribution in [3.05, 3.63) is 58.6 Å². The second-order valence-electron chi connectivity index (χ2n) is 4.96.